The minimum atomic E-state index is -1.80. The molecule has 1 fully saturated rings. The maximum absolute atomic E-state index is 14.5. The number of esters is 1. The largest absolute Gasteiger partial charge is 0.458 e. The number of nitrogens with one attached hydrogen (secondary N) is 11. The molecule has 11 amide bonds. The van der Waals surface area contributed by atoms with Crippen molar-refractivity contribution in [3.05, 3.63) is 35.9 Å². The van der Waals surface area contributed by atoms with Crippen LogP contribution in [0.2, 0.25) is 0 Å². The monoisotopic (exact) mass is 1260 g/mol. The van der Waals surface area contributed by atoms with Crippen molar-refractivity contribution in [3.63, 3.8) is 0 Å². The van der Waals surface area contributed by atoms with Gasteiger partial charge in [-0.05, 0) is 82.2 Å². The summed E-state index contributed by atoms with van der Waals surface area (Å²) in [6.07, 6.45) is 0.218. The Morgan fingerprint density at radius 1 is 0.607 bits per heavy atom. The molecule has 1 saturated heterocycles. The molecule has 1 aliphatic rings. The van der Waals surface area contributed by atoms with Crippen molar-refractivity contribution in [2.75, 3.05) is 20.2 Å². The van der Waals surface area contributed by atoms with Crippen LogP contribution in [-0.2, 0) is 68.7 Å². The van der Waals surface area contributed by atoms with Crippen molar-refractivity contribution in [1.29, 1.82) is 0 Å². The Bertz CT molecular complexity index is 2570. The fourth-order valence-electron chi connectivity index (χ4n) is 9.47. The fraction of sp³-hybridized carbons (Fsp3) is 0.683. The molecular weight excluding hydrogens is 1150 g/mol. The molecule has 1 heterocycles. The number of primary amides is 1. The molecule has 1 aliphatic heterocycles. The summed E-state index contributed by atoms with van der Waals surface area (Å²) in [4.78, 5) is 170. The number of nitrogens with two attached hydrogens (primary N) is 3. The number of nitrogens with zero attached hydrogens (tertiary/aromatic N) is 1. The smallest absolute Gasteiger partial charge is 0.329 e. The summed E-state index contributed by atoms with van der Waals surface area (Å²) in [5.74, 6) is -12.6. The Morgan fingerprint density at radius 2 is 1.10 bits per heavy atom. The molecule has 0 aromatic heterocycles. The first-order valence-electron chi connectivity index (χ1n) is 30.9. The second-order valence-corrected chi connectivity index (χ2v) is 23.0. The number of ether oxygens (including phenoxy) is 1. The number of guanidine groups is 1. The van der Waals surface area contributed by atoms with E-state index in [-0.39, 0.29) is 51.0 Å². The predicted molar refractivity (Wildman–Crippen MR) is 332 cm³/mol. The number of amides is 11. The fourth-order valence-corrected chi connectivity index (χ4v) is 9.47. The van der Waals surface area contributed by atoms with Crippen LogP contribution in [0.1, 0.15) is 146 Å². The van der Waals surface area contributed by atoms with Gasteiger partial charge in [0.15, 0.2) is 5.96 Å². The van der Waals surface area contributed by atoms with Gasteiger partial charge in [-0.3, -0.25) is 57.7 Å². The van der Waals surface area contributed by atoms with E-state index in [0.29, 0.717) is 25.7 Å². The quantitative estimate of drug-likeness (QED) is 0.0150. The molecule has 0 spiro atoms. The van der Waals surface area contributed by atoms with E-state index in [2.05, 4.69) is 63.5 Å². The summed E-state index contributed by atoms with van der Waals surface area (Å²) >= 11 is 0. The minimum Gasteiger partial charge on any atom is -0.458 e. The summed E-state index contributed by atoms with van der Waals surface area (Å²) in [5.41, 5.74) is 17.5. The lowest BCUT2D eigenvalue weighted by molar-refractivity contribution is -0.157. The molecule has 89 heavy (non-hydrogen) atoms. The van der Waals surface area contributed by atoms with E-state index >= 15 is 0 Å². The number of aliphatic hydroxyl groups is 1. The highest BCUT2D eigenvalue weighted by atomic mass is 16.5. The van der Waals surface area contributed by atoms with E-state index in [4.69, 9.17) is 21.9 Å². The molecule has 29 heteroatoms. The Labute approximate surface area is 522 Å². The van der Waals surface area contributed by atoms with E-state index < -0.39 is 180 Å². The highest BCUT2D eigenvalue weighted by Gasteiger charge is 2.41. The van der Waals surface area contributed by atoms with Crippen LogP contribution in [-0.4, -0.2) is 175 Å². The lowest BCUT2D eigenvalue weighted by atomic mass is 9.94. The predicted octanol–water partition coefficient (Wildman–Crippen LogP) is -2.07. The van der Waals surface area contributed by atoms with Crippen LogP contribution in [0.3, 0.4) is 0 Å². The van der Waals surface area contributed by atoms with Gasteiger partial charge in [0.2, 0.25) is 65.0 Å². The van der Waals surface area contributed by atoms with Crippen LogP contribution in [0.4, 0.5) is 0 Å². The highest BCUT2D eigenvalue weighted by molar-refractivity contribution is 5.99. The summed E-state index contributed by atoms with van der Waals surface area (Å²) in [7, 11) is 1.62. The van der Waals surface area contributed by atoms with Crippen molar-refractivity contribution >= 4 is 76.9 Å². The highest BCUT2D eigenvalue weighted by Crippen LogP contribution is 2.18. The van der Waals surface area contributed by atoms with Gasteiger partial charge >= 0.3 is 5.97 Å². The first-order chi connectivity index (χ1) is 42.0. The molecule has 500 valence electrons. The SMILES string of the molecule is CCC[C@@H]1NC(=O)[C@H](C)NC(=O)[C@H](NC(=O)[C@H](CO)NC(=O)[C@@H](NC(=O)[C@H](NC(=O)[C@@H](CCC(N)=O)NC(=O)[C@H](CCCN=C(N)N)NC(=O)[C@@H](NC(=O)[C@@H](Cc2ccccc2)NC)[C@@H](C)CC)[C@@H](C)CC)[C@@H](C)CC)[C@H](C)OC(=O)[C@H]([C@@H](C)CC)NC1=O. The zero-order valence-corrected chi connectivity index (χ0v) is 53.8. The van der Waals surface area contributed by atoms with Gasteiger partial charge in [0, 0.05) is 13.0 Å². The van der Waals surface area contributed by atoms with Gasteiger partial charge < -0.3 is 85.5 Å². The van der Waals surface area contributed by atoms with Crippen LogP contribution >= 0.6 is 0 Å². The number of aliphatic imine (C=N–C) groups is 1. The number of hydrogen-bond donors (Lipinski definition) is 15. The molecule has 0 saturated carbocycles. The van der Waals surface area contributed by atoms with Gasteiger partial charge in [-0.15, -0.1) is 0 Å². The zero-order chi connectivity index (χ0) is 67.2. The molecule has 16 atom stereocenters. The van der Waals surface area contributed by atoms with E-state index in [1.807, 2.05) is 37.3 Å². The number of likely N-dealkylation sites (N-methyl/N-ethyl adjacent to an activating group) is 1. The third kappa shape index (κ3) is 25.2. The summed E-state index contributed by atoms with van der Waals surface area (Å²) in [6.45, 7) is 17.2. The summed E-state index contributed by atoms with van der Waals surface area (Å²) in [6, 6.07) is -5.49. The Kier molecular flexibility index (Phi) is 33.9. The van der Waals surface area contributed by atoms with Crippen LogP contribution in [0, 0.1) is 23.7 Å². The lowest BCUT2D eigenvalue weighted by Crippen LogP contribution is -2.63. The standard InChI is InChI=1S/C60H101N15O14/c1-13-22-38-51(80)74-47(34(9)17-5)59(88)89-36(11)48(58(87)66-35(10)49(78)67-38)75-54(83)42(30-76)70-56(85)45(32(7)15-3)73-57(86)46(33(8)16-4)71-52(81)40(26-27-43(61)77)68-50(79)39(25-21-28-65-60(62)63)69-55(84)44(31(6)14-2)72-53(82)41(64-12)29-37-23-19-18-20-24-37/h18-20,23-24,31-36,38-42,44-48,64,76H,13-17,21-22,25-30H2,1-12H3,(H2,61,77)(H,66,87)(H,67,78)(H,68,79)(H,69,84)(H,70,85)(H,71,81)(H,72,82)(H,73,86)(H,74,80)(H,75,83)(H4,62,63,65)/t31-,32-,33-,34-,35-,36-,38-,39-,40+,41+,42-,44-,45-,46+,47-,48+/m0/s1. The lowest BCUT2D eigenvalue weighted by Gasteiger charge is -2.31. The van der Waals surface area contributed by atoms with Crippen molar-refractivity contribution < 1.29 is 67.4 Å². The van der Waals surface area contributed by atoms with Gasteiger partial charge in [-0.25, -0.2) is 4.79 Å². The third-order valence-electron chi connectivity index (χ3n) is 16.1. The molecule has 1 aromatic carbocycles. The molecule has 0 bridgehead atoms. The summed E-state index contributed by atoms with van der Waals surface area (Å²) < 4.78 is 5.70. The van der Waals surface area contributed by atoms with E-state index in [1.54, 1.807) is 62.4 Å². The Balaban J connectivity index is 2.49. The Hall–Kier alpha value is -7.95. The van der Waals surface area contributed by atoms with E-state index in [9.17, 15) is 62.6 Å². The molecular formula is C60H101N15O14. The average molecular weight is 1260 g/mol. The van der Waals surface area contributed by atoms with Crippen molar-refractivity contribution in [1.82, 2.24) is 58.5 Å². The van der Waals surface area contributed by atoms with Gasteiger partial charge in [0.1, 0.15) is 66.5 Å². The number of carbonyl (C=O) groups excluding carboxylic acids is 12. The third-order valence-corrected chi connectivity index (χ3v) is 16.1. The van der Waals surface area contributed by atoms with Crippen LogP contribution in [0.5, 0.6) is 0 Å². The number of carbonyl (C=O) groups is 12. The molecule has 0 aliphatic carbocycles. The number of cyclic esters (lactones) is 1. The number of benzene rings is 1. The maximum Gasteiger partial charge on any atom is 0.329 e. The van der Waals surface area contributed by atoms with E-state index in [0.717, 1.165) is 5.56 Å². The van der Waals surface area contributed by atoms with Gasteiger partial charge in [0.05, 0.1) is 12.6 Å². The van der Waals surface area contributed by atoms with Crippen molar-refractivity contribution in [3.8, 4) is 0 Å². The Morgan fingerprint density at radius 3 is 1.60 bits per heavy atom. The first kappa shape index (κ1) is 77.1. The molecule has 29 nitrogen and oxygen atoms in total. The first-order valence-corrected chi connectivity index (χ1v) is 30.9. The molecule has 2 rings (SSSR count). The number of rotatable bonds is 35. The van der Waals surface area contributed by atoms with Crippen LogP contribution < -0.4 is 75.7 Å². The van der Waals surface area contributed by atoms with E-state index in [1.165, 1.54) is 13.8 Å². The number of hydrogen-bond acceptors (Lipinski definition) is 16. The van der Waals surface area contributed by atoms with Crippen molar-refractivity contribution in [2.24, 2.45) is 45.9 Å². The van der Waals surface area contributed by atoms with Crippen LogP contribution in [0.15, 0.2) is 35.3 Å². The number of aliphatic hydroxyl groups excluding tert-OH is 1. The molecule has 0 radical (unpaired) electrons. The zero-order valence-electron chi connectivity index (χ0n) is 53.8. The minimum absolute atomic E-state index is 0.0406. The molecule has 18 N–H and O–H groups in total. The van der Waals surface area contributed by atoms with Crippen LogP contribution in [0.25, 0.3) is 0 Å². The average Bonchev–Trinajstić information content (AvgIpc) is 3.75. The topological polar surface area (TPSA) is 457 Å². The molecule has 0 unspecified atom stereocenters. The molecule has 1 aromatic rings. The van der Waals surface area contributed by atoms with Crippen molar-refractivity contribution in [2.45, 2.75) is 219 Å². The second-order valence-electron chi connectivity index (χ2n) is 23.0. The summed E-state index contributed by atoms with van der Waals surface area (Å²) in [5, 5.41) is 39.7. The van der Waals surface area contributed by atoms with Gasteiger partial charge in [-0.2, -0.15) is 0 Å². The van der Waals surface area contributed by atoms with Gasteiger partial charge in [0.25, 0.3) is 0 Å². The second kappa shape index (κ2) is 39.1. The van der Waals surface area contributed by atoms with Gasteiger partial charge in [-0.1, -0.05) is 125 Å². The normalized spacial score (nSPS) is 20.9. The maximum atomic E-state index is 14.5.